The first-order valence-electron chi connectivity index (χ1n) is 7.93. The number of hydrogen-bond donors (Lipinski definition) is 0. The second kappa shape index (κ2) is 6.31. The molecule has 0 saturated heterocycles. The largest absolute Gasteiger partial charge is 0.416 e. The molecule has 136 valence electrons. The number of halogens is 3. The third-order valence-corrected chi connectivity index (χ3v) is 5.23. The fourth-order valence-electron chi connectivity index (χ4n) is 2.90. The summed E-state index contributed by atoms with van der Waals surface area (Å²) in [5.74, 6) is 0. The molecular weight excluding hydrogens is 375 g/mol. The van der Waals surface area contributed by atoms with Crippen molar-refractivity contribution in [2.75, 3.05) is 0 Å². The van der Waals surface area contributed by atoms with E-state index < -0.39 is 11.7 Å². The Morgan fingerprint density at radius 1 is 1.00 bits per heavy atom. The number of alkyl halides is 3. The van der Waals surface area contributed by atoms with Crippen LogP contribution in [0.15, 0.2) is 59.0 Å². The average Bonchev–Trinajstić information content (AvgIpc) is 3.10. The summed E-state index contributed by atoms with van der Waals surface area (Å²) in [5.41, 5.74) is 1.62. The molecule has 0 saturated carbocycles. The van der Waals surface area contributed by atoms with E-state index in [1.165, 1.54) is 35.2 Å². The van der Waals surface area contributed by atoms with Crippen molar-refractivity contribution in [1.82, 2.24) is 14.8 Å². The number of nitrogens with zero attached hydrogens (tertiary/aromatic N) is 3. The van der Waals surface area contributed by atoms with Gasteiger partial charge in [-0.15, -0.1) is 11.3 Å². The number of rotatable bonds is 2. The van der Waals surface area contributed by atoms with Gasteiger partial charge in [-0.3, -0.25) is 9.78 Å². The maximum atomic E-state index is 12.8. The molecule has 0 N–H and O–H groups in total. The van der Waals surface area contributed by atoms with E-state index >= 15 is 0 Å². The zero-order valence-corrected chi connectivity index (χ0v) is 14.8. The fraction of sp³-hybridized carbons (Fsp3) is 0.105. The molecule has 4 aromatic rings. The monoisotopic (exact) mass is 387 g/mol. The summed E-state index contributed by atoms with van der Waals surface area (Å²) in [6, 6.07) is 8.40. The minimum Gasteiger partial charge on any atom is -0.267 e. The number of benzene rings is 1. The van der Waals surface area contributed by atoms with Gasteiger partial charge < -0.3 is 0 Å². The van der Waals surface area contributed by atoms with Crippen LogP contribution in [-0.2, 0) is 13.2 Å². The van der Waals surface area contributed by atoms with Crippen molar-refractivity contribution in [1.29, 1.82) is 0 Å². The lowest BCUT2D eigenvalue weighted by Gasteiger charge is -2.09. The highest BCUT2D eigenvalue weighted by molar-refractivity contribution is 7.18. The molecule has 0 amide bonds. The molecule has 0 aliphatic heterocycles. The van der Waals surface area contributed by atoms with Crippen molar-refractivity contribution in [2.45, 2.75) is 6.18 Å². The molecule has 0 aliphatic carbocycles. The Hall–Kier alpha value is -3.00. The standard InChI is InChI=1S/C19H12F3N3OS/c1-25-18(26)15-14(11-6-8-23-9-7-11)10-27-17(15)16(24-25)12-2-4-13(5-3-12)19(20,21)22/h2-10H,1H3. The molecule has 0 atom stereocenters. The molecule has 4 rings (SSSR count). The molecule has 4 nitrogen and oxygen atoms in total. The van der Waals surface area contributed by atoms with Gasteiger partial charge in [-0.1, -0.05) is 12.1 Å². The van der Waals surface area contributed by atoms with Crippen LogP contribution in [0.5, 0.6) is 0 Å². The predicted molar refractivity (Wildman–Crippen MR) is 98.5 cm³/mol. The van der Waals surface area contributed by atoms with Crippen molar-refractivity contribution < 1.29 is 13.2 Å². The normalized spacial score (nSPS) is 11.9. The minimum absolute atomic E-state index is 0.256. The summed E-state index contributed by atoms with van der Waals surface area (Å²) in [6.45, 7) is 0. The Balaban J connectivity index is 1.94. The zero-order chi connectivity index (χ0) is 19.2. The number of hydrogen-bond acceptors (Lipinski definition) is 4. The SMILES string of the molecule is Cn1nc(-c2ccc(C(F)(F)F)cc2)c2scc(-c3ccncc3)c2c1=O. The summed E-state index contributed by atoms with van der Waals surface area (Å²) in [7, 11) is 1.53. The number of pyridine rings is 1. The van der Waals surface area contributed by atoms with Crippen LogP contribution in [0.4, 0.5) is 13.2 Å². The third-order valence-electron chi connectivity index (χ3n) is 4.24. The molecule has 0 bridgehead atoms. The highest BCUT2D eigenvalue weighted by Crippen LogP contribution is 2.37. The van der Waals surface area contributed by atoms with Gasteiger partial charge in [0.1, 0.15) is 5.69 Å². The van der Waals surface area contributed by atoms with Gasteiger partial charge in [-0.05, 0) is 29.8 Å². The Morgan fingerprint density at radius 2 is 1.67 bits per heavy atom. The first kappa shape index (κ1) is 17.4. The highest BCUT2D eigenvalue weighted by Gasteiger charge is 2.30. The molecule has 27 heavy (non-hydrogen) atoms. The number of fused-ring (bicyclic) bond motifs is 1. The van der Waals surface area contributed by atoms with Gasteiger partial charge >= 0.3 is 6.18 Å². The van der Waals surface area contributed by atoms with Gasteiger partial charge in [0, 0.05) is 35.9 Å². The van der Waals surface area contributed by atoms with Gasteiger partial charge in [-0.2, -0.15) is 18.3 Å². The molecule has 8 heteroatoms. The van der Waals surface area contributed by atoms with Crippen LogP contribution in [0, 0.1) is 0 Å². The average molecular weight is 387 g/mol. The van der Waals surface area contributed by atoms with Crippen molar-refractivity contribution >= 4 is 21.4 Å². The maximum Gasteiger partial charge on any atom is 0.416 e. The third kappa shape index (κ3) is 3.02. The van der Waals surface area contributed by atoms with E-state index in [-0.39, 0.29) is 5.56 Å². The van der Waals surface area contributed by atoms with Crippen LogP contribution in [0.2, 0.25) is 0 Å². The van der Waals surface area contributed by atoms with Crippen LogP contribution in [0.25, 0.3) is 32.5 Å². The topological polar surface area (TPSA) is 47.8 Å². The summed E-state index contributed by atoms with van der Waals surface area (Å²) in [4.78, 5) is 16.7. The van der Waals surface area contributed by atoms with Crippen molar-refractivity contribution in [3.05, 3.63) is 70.1 Å². The van der Waals surface area contributed by atoms with E-state index in [1.807, 2.05) is 5.38 Å². The molecule has 0 fully saturated rings. The quantitative estimate of drug-likeness (QED) is 0.499. The second-order valence-electron chi connectivity index (χ2n) is 5.94. The summed E-state index contributed by atoms with van der Waals surface area (Å²) >= 11 is 1.34. The fourth-order valence-corrected chi connectivity index (χ4v) is 3.97. The Labute approximate surface area is 155 Å². The van der Waals surface area contributed by atoms with E-state index in [4.69, 9.17) is 0 Å². The summed E-state index contributed by atoms with van der Waals surface area (Å²) in [5, 5.41) is 6.65. The predicted octanol–water partition coefficient (Wildman–Crippen LogP) is 4.74. The first-order chi connectivity index (χ1) is 12.9. The van der Waals surface area contributed by atoms with E-state index in [1.54, 1.807) is 24.5 Å². The Kier molecular flexibility index (Phi) is 4.07. The van der Waals surface area contributed by atoms with E-state index in [0.717, 1.165) is 23.3 Å². The molecule has 3 heterocycles. The van der Waals surface area contributed by atoms with Gasteiger partial charge in [-0.25, -0.2) is 4.68 Å². The summed E-state index contributed by atoms with van der Waals surface area (Å²) in [6.07, 6.45) is -1.12. The first-order valence-corrected chi connectivity index (χ1v) is 8.81. The van der Waals surface area contributed by atoms with Gasteiger partial charge in [0.2, 0.25) is 0 Å². The highest BCUT2D eigenvalue weighted by atomic mass is 32.1. The van der Waals surface area contributed by atoms with E-state index in [9.17, 15) is 18.0 Å². The van der Waals surface area contributed by atoms with E-state index in [2.05, 4.69) is 10.1 Å². The smallest absolute Gasteiger partial charge is 0.267 e. The number of aromatic nitrogens is 3. The Morgan fingerprint density at radius 3 is 2.30 bits per heavy atom. The minimum atomic E-state index is -4.40. The number of aryl methyl sites for hydroxylation is 1. The van der Waals surface area contributed by atoms with E-state index in [0.29, 0.717) is 21.3 Å². The maximum absolute atomic E-state index is 12.8. The lowest BCUT2D eigenvalue weighted by Crippen LogP contribution is -2.20. The lowest BCUT2D eigenvalue weighted by molar-refractivity contribution is -0.137. The van der Waals surface area contributed by atoms with Crippen LogP contribution in [0.3, 0.4) is 0 Å². The van der Waals surface area contributed by atoms with Crippen molar-refractivity contribution in [3.63, 3.8) is 0 Å². The van der Waals surface area contributed by atoms with Gasteiger partial charge in [0.15, 0.2) is 0 Å². The molecule has 0 aliphatic rings. The van der Waals surface area contributed by atoms with Crippen molar-refractivity contribution in [3.8, 4) is 22.4 Å². The molecule has 0 radical (unpaired) electrons. The van der Waals surface area contributed by atoms with Gasteiger partial charge in [0.05, 0.1) is 15.6 Å². The number of thiophene rings is 1. The molecular formula is C19H12F3N3OS. The van der Waals surface area contributed by atoms with Crippen LogP contribution in [0.1, 0.15) is 5.56 Å². The molecule has 0 unspecified atom stereocenters. The zero-order valence-electron chi connectivity index (χ0n) is 14.0. The Bertz CT molecular complexity index is 1180. The van der Waals surface area contributed by atoms with Crippen LogP contribution in [-0.4, -0.2) is 14.8 Å². The van der Waals surface area contributed by atoms with Crippen LogP contribution >= 0.6 is 11.3 Å². The van der Waals surface area contributed by atoms with Gasteiger partial charge in [0.25, 0.3) is 5.56 Å². The molecule has 1 aromatic carbocycles. The molecule has 0 spiro atoms. The van der Waals surface area contributed by atoms with Crippen LogP contribution < -0.4 is 5.56 Å². The summed E-state index contributed by atoms with van der Waals surface area (Å²) < 4.78 is 40.3. The van der Waals surface area contributed by atoms with Crippen molar-refractivity contribution in [2.24, 2.45) is 7.05 Å². The second-order valence-corrected chi connectivity index (χ2v) is 6.82. The lowest BCUT2D eigenvalue weighted by atomic mass is 10.0. The molecule has 3 aromatic heterocycles.